The molecule has 0 radical (unpaired) electrons. The minimum atomic E-state index is -0.778. The van der Waals surface area contributed by atoms with E-state index in [1.807, 2.05) is 4.90 Å². The van der Waals surface area contributed by atoms with Gasteiger partial charge in [0.2, 0.25) is 5.91 Å². The van der Waals surface area contributed by atoms with Gasteiger partial charge in [-0.05, 0) is 74.5 Å². The molecule has 4 nitrogen and oxygen atoms in total. The lowest BCUT2D eigenvalue weighted by molar-refractivity contribution is -0.143. The zero-order chi connectivity index (χ0) is 15.3. The molecule has 0 aromatic heterocycles. The number of carboxylic acids is 1. The quantitative estimate of drug-likeness (QED) is 0.868. The van der Waals surface area contributed by atoms with E-state index < -0.39 is 5.97 Å². The molecule has 4 heteroatoms. The maximum atomic E-state index is 12.9. The van der Waals surface area contributed by atoms with Gasteiger partial charge in [-0.2, -0.15) is 0 Å². The van der Waals surface area contributed by atoms with E-state index in [1.165, 1.54) is 38.5 Å². The van der Waals surface area contributed by atoms with Crippen molar-refractivity contribution in [2.24, 2.45) is 23.2 Å². The van der Waals surface area contributed by atoms with E-state index in [9.17, 15) is 9.59 Å². The molecule has 1 amide bonds. The molecule has 22 heavy (non-hydrogen) atoms. The topological polar surface area (TPSA) is 57.6 Å². The molecule has 5 rings (SSSR count). The van der Waals surface area contributed by atoms with Gasteiger partial charge in [0.15, 0.2) is 0 Å². The molecule has 1 atom stereocenters. The lowest BCUT2D eigenvalue weighted by Gasteiger charge is -2.57. The number of hydrogen-bond donors (Lipinski definition) is 1. The fourth-order valence-corrected chi connectivity index (χ4v) is 6.51. The van der Waals surface area contributed by atoms with Crippen LogP contribution in [0.3, 0.4) is 0 Å². The fourth-order valence-electron chi connectivity index (χ4n) is 6.51. The van der Waals surface area contributed by atoms with Gasteiger partial charge in [-0.15, -0.1) is 0 Å². The summed E-state index contributed by atoms with van der Waals surface area (Å²) in [6.07, 6.45) is 10.6. The van der Waals surface area contributed by atoms with Crippen molar-refractivity contribution in [3.63, 3.8) is 0 Å². The van der Waals surface area contributed by atoms with Crippen LogP contribution in [0.4, 0.5) is 0 Å². The number of hydrogen-bond acceptors (Lipinski definition) is 2. The normalized spacial score (nSPS) is 42.8. The van der Waals surface area contributed by atoms with E-state index >= 15 is 0 Å². The number of carbonyl (C=O) groups excluding carboxylic acids is 1. The highest BCUT2D eigenvalue weighted by Gasteiger charge is 2.52. The van der Waals surface area contributed by atoms with Crippen molar-refractivity contribution in [2.75, 3.05) is 6.54 Å². The van der Waals surface area contributed by atoms with Gasteiger partial charge in [-0.25, -0.2) is 0 Å². The molecule has 4 aliphatic carbocycles. The SMILES string of the molecule is O=C(O)CC1CCCN1C(=O)CC12CC3CC(CC(C3)C1)C2. The molecule has 1 N–H and O–H groups in total. The van der Waals surface area contributed by atoms with Gasteiger partial charge in [-0.3, -0.25) is 9.59 Å². The lowest BCUT2D eigenvalue weighted by Crippen LogP contribution is -2.49. The highest BCUT2D eigenvalue weighted by atomic mass is 16.4. The average molecular weight is 305 g/mol. The molecule has 1 aliphatic heterocycles. The van der Waals surface area contributed by atoms with E-state index in [0.717, 1.165) is 37.1 Å². The van der Waals surface area contributed by atoms with Crippen LogP contribution in [0.5, 0.6) is 0 Å². The minimum absolute atomic E-state index is 0.0566. The molecule has 4 bridgehead atoms. The summed E-state index contributed by atoms with van der Waals surface area (Å²) in [6.45, 7) is 0.767. The molecule has 5 fully saturated rings. The lowest BCUT2D eigenvalue weighted by atomic mass is 9.49. The Balaban J connectivity index is 1.44. The predicted octanol–water partition coefficient (Wildman–Crippen LogP) is 3.06. The predicted molar refractivity (Wildman–Crippen MR) is 82.2 cm³/mol. The van der Waals surface area contributed by atoms with Crippen LogP contribution >= 0.6 is 0 Å². The summed E-state index contributed by atoms with van der Waals surface area (Å²) in [4.78, 5) is 25.7. The number of carbonyl (C=O) groups is 2. The minimum Gasteiger partial charge on any atom is -0.481 e. The number of carboxylic acid groups (broad SMARTS) is 1. The van der Waals surface area contributed by atoms with E-state index in [0.29, 0.717) is 6.42 Å². The maximum absolute atomic E-state index is 12.9. The monoisotopic (exact) mass is 305 g/mol. The zero-order valence-corrected chi connectivity index (χ0v) is 13.3. The second kappa shape index (κ2) is 5.24. The first kappa shape index (κ1) is 14.5. The van der Waals surface area contributed by atoms with Crippen LogP contribution in [0.1, 0.15) is 64.2 Å². The van der Waals surface area contributed by atoms with Crippen molar-refractivity contribution < 1.29 is 14.7 Å². The Morgan fingerprint density at radius 3 is 2.18 bits per heavy atom. The molecular weight excluding hydrogens is 278 g/mol. The van der Waals surface area contributed by atoms with Gasteiger partial charge in [0.1, 0.15) is 0 Å². The van der Waals surface area contributed by atoms with Gasteiger partial charge >= 0.3 is 5.97 Å². The number of amides is 1. The van der Waals surface area contributed by atoms with Gasteiger partial charge < -0.3 is 10.0 Å². The maximum Gasteiger partial charge on any atom is 0.305 e. The van der Waals surface area contributed by atoms with Crippen LogP contribution in [0, 0.1) is 23.2 Å². The third kappa shape index (κ3) is 2.55. The highest BCUT2D eigenvalue weighted by molar-refractivity contribution is 5.78. The first-order chi connectivity index (χ1) is 10.5. The fraction of sp³-hybridized carbons (Fsp3) is 0.889. The summed E-state index contributed by atoms with van der Waals surface area (Å²) in [6, 6.07) is -0.0566. The Kier molecular flexibility index (Phi) is 3.46. The van der Waals surface area contributed by atoms with Crippen LogP contribution in [0.2, 0.25) is 0 Å². The van der Waals surface area contributed by atoms with Crippen molar-refractivity contribution in [3.05, 3.63) is 0 Å². The molecule has 0 spiro atoms. The van der Waals surface area contributed by atoms with Crippen molar-refractivity contribution in [1.29, 1.82) is 0 Å². The van der Waals surface area contributed by atoms with E-state index in [4.69, 9.17) is 5.11 Å². The van der Waals surface area contributed by atoms with Gasteiger partial charge in [0.05, 0.1) is 6.42 Å². The average Bonchev–Trinajstić information content (AvgIpc) is 2.83. The van der Waals surface area contributed by atoms with Crippen LogP contribution in [-0.2, 0) is 9.59 Å². The van der Waals surface area contributed by atoms with Crippen LogP contribution in [0.25, 0.3) is 0 Å². The molecule has 0 aromatic rings. The van der Waals surface area contributed by atoms with Gasteiger partial charge in [-0.1, -0.05) is 0 Å². The molecule has 122 valence electrons. The molecule has 1 heterocycles. The number of nitrogens with zero attached hydrogens (tertiary/aromatic N) is 1. The number of aliphatic carboxylic acids is 1. The van der Waals surface area contributed by atoms with Gasteiger partial charge in [0, 0.05) is 19.0 Å². The van der Waals surface area contributed by atoms with Crippen molar-refractivity contribution in [3.8, 4) is 0 Å². The molecule has 1 unspecified atom stereocenters. The second-order valence-corrected chi connectivity index (χ2v) is 8.58. The Morgan fingerprint density at radius 2 is 1.64 bits per heavy atom. The summed E-state index contributed by atoms with van der Waals surface area (Å²) < 4.78 is 0. The molecule has 5 aliphatic rings. The van der Waals surface area contributed by atoms with Crippen LogP contribution < -0.4 is 0 Å². The van der Waals surface area contributed by atoms with Crippen LogP contribution in [0.15, 0.2) is 0 Å². The van der Waals surface area contributed by atoms with E-state index in [1.54, 1.807) is 0 Å². The first-order valence-electron chi connectivity index (χ1n) is 9.04. The molecule has 4 saturated carbocycles. The smallest absolute Gasteiger partial charge is 0.305 e. The third-order valence-corrected chi connectivity index (χ3v) is 6.80. The summed E-state index contributed by atoms with van der Waals surface area (Å²) in [5.74, 6) is 2.07. The Bertz CT molecular complexity index is 451. The highest BCUT2D eigenvalue weighted by Crippen LogP contribution is 2.61. The Labute approximate surface area is 132 Å². The second-order valence-electron chi connectivity index (χ2n) is 8.58. The number of rotatable bonds is 4. The number of likely N-dealkylation sites (tertiary alicyclic amines) is 1. The standard InChI is InChI=1S/C18H27NO3/c20-16(19-3-1-2-15(19)7-17(21)22)11-18-8-12-4-13(9-18)6-14(5-12)10-18/h12-15H,1-11H2,(H,21,22). The first-order valence-corrected chi connectivity index (χ1v) is 9.04. The largest absolute Gasteiger partial charge is 0.481 e. The third-order valence-electron chi connectivity index (χ3n) is 6.80. The van der Waals surface area contributed by atoms with Crippen molar-refractivity contribution in [2.45, 2.75) is 70.3 Å². The molecular formula is C18H27NO3. The zero-order valence-electron chi connectivity index (χ0n) is 13.3. The van der Waals surface area contributed by atoms with Gasteiger partial charge in [0.25, 0.3) is 0 Å². The molecule has 1 saturated heterocycles. The van der Waals surface area contributed by atoms with Crippen molar-refractivity contribution >= 4 is 11.9 Å². The van der Waals surface area contributed by atoms with E-state index in [-0.39, 0.29) is 23.8 Å². The summed E-state index contributed by atoms with van der Waals surface area (Å²) in [5.41, 5.74) is 0.266. The summed E-state index contributed by atoms with van der Waals surface area (Å²) in [5, 5.41) is 9.04. The summed E-state index contributed by atoms with van der Waals surface area (Å²) >= 11 is 0. The Hall–Kier alpha value is -1.06. The van der Waals surface area contributed by atoms with E-state index in [2.05, 4.69) is 0 Å². The van der Waals surface area contributed by atoms with Crippen molar-refractivity contribution in [1.82, 2.24) is 4.90 Å². The molecule has 0 aromatic carbocycles. The summed E-state index contributed by atoms with van der Waals surface area (Å²) in [7, 11) is 0. The Morgan fingerprint density at radius 1 is 1.05 bits per heavy atom. The van der Waals surface area contributed by atoms with Crippen LogP contribution in [-0.4, -0.2) is 34.5 Å².